The Morgan fingerprint density at radius 3 is 2.62 bits per heavy atom. The number of imidazole rings is 1. The second-order valence-electron chi connectivity index (χ2n) is 11.3. The standard InChI is InChI=1S/C32H34N7O/c1-3-29-35-30-19(2)16-23(18-22-8-4-7-11-28(22)40)34-32(30)38(29)27-15-13-21-17-20(12-14-25(21)27)24-9-5-6-10-26(24)31-36-39(33)37-31/h5-6,9-10,12,14,16-17,22,27H,3-4,7-8,11,13,15,18,33H2,1-2H3/q-1. The minimum absolute atomic E-state index is 0.0975. The Kier molecular flexibility index (Phi) is 6.06. The number of carbonyl (C=O) groups is 1. The highest BCUT2D eigenvalue weighted by molar-refractivity contribution is 5.83. The van der Waals surface area contributed by atoms with Crippen molar-refractivity contribution in [1.82, 2.24) is 29.6 Å². The molecule has 2 aromatic carbocycles. The molecule has 2 N–H and O–H groups in total. The zero-order chi connectivity index (χ0) is 27.4. The molecule has 0 amide bonds. The van der Waals surface area contributed by atoms with Crippen LogP contribution in [0.2, 0.25) is 0 Å². The molecule has 2 aliphatic carbocycles. The summed E-state index contributed by atoms with van der Waals surface area (Å²) in [5.74, 6) is 7.83. The van der Waals surface area contributed by atoms with Crippen molar-refractivity contribution < 1.29 is 4.79 Å². The molecule has 0 radical (unpaired) electrons. The summed E-state index contributed by atoms with van der Waals surface area (Å²) in [5, 5.41) is 8.45. The van der Waals surface area contributed by atoms with Crippen LogP contribution in [-0.4, -0.2) is 30.3 Å². The molecule has 1 fully saturated rings. The van der Waals surface area contributed by atoms with Gasteiger partial charge in [0.2, 0.25) is 0 Å². The van der Waals surface area contributed by atoms with Gasteiger partial charge in [-0.05, 0) is 72.9 Å². The van der Waals surface area contributed by atoms with E-state index in [0.717, 1.165) is 94.8 Å². The van der Waals surface area contributed by atoms with Gasteiger partial charge in [0.05, 0.1) is 11.9 Å². The average molecular weight is 533 g/mol. The number of nitrogens with zero attached hydrogens (tertiary/aromatic N) is 6. The SMILES string of the molecule is CCc1nc2c(C)cc(CC3CCCCC3=O)nc2n1C1CCc2cc(-c3ccccc3-c3nn(N)[n-]3)ccc21. The van der Waals surface area contributed by atoms with Gasteiger partial charge >= 0.3 is 0 Å². The lowest BCUT2D eigenvalue weighted by Crippen LogP contribution is -2.26. The average Bonchev–Trinajstić information content (AvgIpc) is 3.53. The fourth-order valence-corrected chi connectivity index (χ4v) is 6.80. The Morgan fingerprint density at radius 1 is 1.02 bits per heavy atom. The molecule has 2 unspecified atom stereocenters. The highest BCUT2D eigenvalue weighted by atomic mass is 16.1. The monoisotopic (exact) mass is 532 g/mol. The maximum atomic E-state index is 12.6. The van der Waals surface area contributed by atoms with E-state index in [4.69, 9.17) is 15.8 Å². The summed E-state index contributed by atoms with van der Waals surface area (Å²) >= 11 is 0. The van der Waals surface area contributed by atoms with Gasteiger partial charge in [0.1, 0.15) is 17.1 Å². The van der Waals surface area contributed by atoms with E-state index in [-0.39, 0.29) is 12.0 Å². The summed E-state index contributed by atoms with van der Waals surface area (Å²) in [6.07, 6.45) is 7.42. The largest absolute Gasteiger partial charge is 0.373 e. The van der Waals surface area contributed by atoms with Crippen molar-refractivity contribution >= 4 is 16.9 Å². The number of carbonyl (C=O) groups excluding carboxylic acids is 1. The quantitative estimate of drug-likeness (QED) is 0.296. The summed E-state index contributed by atoms with van der Waals surface area (Å²) in [6, 6.07) is 17.3. The zero-order valence-electron chi connectivity index (χ0n) is 23.1. The number of benzene rings is 2. The van der Waals surface area contributed by atoms with Crippen LogP contribution in [0, 0.1) is 12.8 Å². The van der Waals surface area contributed by atoms with Crippen LogP contribution in [-0.2, 0) is 24.1 Å². The Bertz CT molecular complexity index is 1730. The maximum absolute atomic E-state index is 12.6. The first-order chi connectivity index (χ1) is 19.5. The van der Waals surface area contributed by atoms with Crippen LogP contribution in [0.1, 0.15) is 73.3 Å². The van der Waals surface area contributed by atoms with Gasteiger partial charge in [0, 0.05) is 30.0 Å². The lowest BCUT2D eigenvalue weighted by Gasteiger charge is -2.21. The number of aromatic nitrogens is 6. The molecule has 1 saturated carbocycles. The molecular formula is C32H34N7O-. The molecule has 3 aromatic heterocycles. The third kappa shape index (κ3) is 4.13. The molecule has 204 valence electrons. The van der Waals surface area contributed by atoms with Gasteiger partial charge in [-0.1, -0.05) is 55.8 Å². The minimum atomic E-state index is 0.0975. The van der Waals surface area contributed by atoms with Crippen molar-refractivity contribution in [3.8, 4) is 22.5 Å². The fraction of sp³-hybridized carbons (Fsp3) is 0.375. The maximum Gasteiger partial charge on any atom is 0.161 e. The van der Waals surface area contributed by atoms with Crippen LogP contribution in [0.25, 0.3) is 33.7 Å². The van der Waals surface area contributed by atoms with Gasteiger partial charge in [0.15, 0.2) is 5.65 Å². The molecule has 40 heavy (non-hydrogen) atoms. The van der Waals surface area contributed by atoms with Gasteiger partial charge in [-0.3, -0.25) is 4.79 Å². The van der Waals surface area contributed by atoms with E-state index < -0.39 is 0 Å². The Balaban J connectivity index is 1.27. The number of aryl methyl sites for hydroxylation is 3. The summed E-state index contributed by atoms with van der Waals surface area (Å²) in [7, 11) is 0. The second kappa shape index (κ2) is 9.77. The van der Waals surface area contributed by atoms with Crippen molar-refractivity contribution in [2.75, 3.05) is 5.84 Å². The molecular weight excluding hydrogens is 498 g/mol. The molecule has 8 nitrogen and oxygen atoms in total. The number of ketones is 1. The third-order valence-electron chi connectivity index (χ3n) is 8.79. The fourth-order valence-electron chi connectivity index (χ4n) is 6.80. The van der Waals surface area contributed by atoms with E-state index in [2.05, 4.69) is 58.9 Å². The number of rotatable bonds is 6. The molecule has 0 spiro atoms. The van der Waals surface area contributed by atoms with E-state index in [1.165, 1.54) is 11.1 Å². The Hall–Kier alpha value is -4.20. The Morgan fingerprint density at radius 2 is 1.85 bits per heavy atom. The predicted octanol–water partition coefficient (Wildman–Crippen LogP) is 5.34. The first-order valence-electron chi connectivity index (χ1n) is 14.5. The second-order valence-corrected chi connectivity index (χ2v) is 11.3. The molecule has 8 heteroatoms. The van der Waals surface area contributed by atoms with Crippen molar-refractivity contribution in [1.29, 1.82) is 0 Å². The van der Waals surface area contributed by atoms with Crippen molar-refractivity contribution in [3.63, 3.8) is 0 Å². The molecule has 7 rings (SSSR count). The number of pyridine rings is 1. The molecule has 2 aliphatic rings. The molecule has 2 atom stereocenters. The number of hydrogen-bond acceptors (Lipinski definition) is 5. The number of fused-ring (bicyclic) bond motifs is 2. The summed E-state index contributed by atoms with van der Waals surface area (Å²) in [6.45, 7) is 4.29. The molecule has 0 bridgehead atoms. The number of Topliss-reactive ketones (excluding diaryl/α,β-unsaturated/α-hetero) is 1. The predicted molar refractivity (Wildman–Crippen MR) is 155 cm³/mol. The smallest absolute Gasteiger partial charge is 0.161 e. The van der Waals surface area contributed by atoms with Crippen LogP contribution < -0.4 is 10.9 Å². The van der Waals surface area contributed by atoms with Crippen LogP contribution >= 0.6 is 0 Å². The summed E-state index contributed by atoms with van der Waals surface area (Å²) in [5.41, 5.74) is 10.0. The summed E-state index contributed by atoms with van der Waals surface area (Å²) < 4.78 is 2.38. The first-order valence-corrected chi connectivity index (χ1v) is 14.5. The van der Waals surface area contributed by atoms with Crippen LogP contribution in [0.4, 0.5) is 0 Å². The lowest BCUT2D eigenvalue weighted by atomic mass is 9.84. The molecule has 0 saturated heterocycles. The van der Waals surface area contributed by atoms with Crippen molar-refractivity contribution in [2.45, 2.75) is 71.3 Å². The van der Waals surface area contributed by atoms with E-state index in [0.29, 0.717) is 18.0 Å². The first kappa shape index (κ1) is 24.8. The van der Waals surface area contributed by atoms with Gasteiger partial charge < -0.3 is 10.4 Å². The highest BCUT2D eigenvalue weighted by Crippen LogP contribution is 2.40. The van der Waals surface area contributed by atoms with Crippen LogP contribution in [0.3, 0.4) is 0 Å². The molecule has 0 aliphatic heterocycles. The number of hydrogen-bond donors (Lipinski definition) is 1. The normalized spacial score (nSPS) is 19.0. The van der Waals surface area contributed by atoms with Crippen LogP contribution in [0.5, 0.6) is 0 Å². The zero-order valence-corrected chi connectivity index (χ0v) is 23.1. The Labute approximate surface area is 233 Å². The minimum Gasteiger partial charge on any atom is -0.373 e. The van der Waals surface area contributed by atoms with E-state index in [1.54, 1.807) is 0 Å². The van der Waals surface area contributed by atoms with Gasteiger partial charge in [0.25, 0.3) is 0 Å². The van der Waals surface area contributed by atoms with E-state index in [9.17, 15) is 4.79 Å². The van der Waals surface area contributed by atoms with Crippen molar-refractivity contribution in [2.24, 2.45) is 5.92 Å². The summed E-state index contributed by atoms with van der Waals surface area (Å²) in [4.78, 5) is 23.9. The van der Waals surface area contributed by atoms with Gasteiger partial charge in [-0.25, -0.2) is 25.1 Å². The molecule has 3 heterocycles. The van der Waals surface area contributed by atoms with Crippen LogP contribution in [0.15, 0.2) is 48.5 Å². The van der Waals surface area contributed by atoms with E-state index >= 15 is 0 Å². The van der Waals surface area contributed by atoms with E-state index in [1.807, 2.05) is 18.2 Å². The topological polar surface area (TPSA) is 106 Å². The highest BCUT2D eigenvalue weighted by Gasteiger charge is 2.30. The number of nitrogen functional groups attached to an aromatic ring is 1. The van der Waals surface area contributed by atoms with Gasteiger partial charge in [-0.15, -0.1) is 0 Å². The lowest BCUT2D eigenvalue weighted by molar-refractivity contribution is -0.124. The van der Waals surface area contributed by atoms with Crippen molar-refractivity contribution in [3.05, 3.63) is 76.7 Å². The van der Waals surface area contributed by atoms with Gasteiger partial charge in [-0.2, -0.15) is 0 Å². The molecule has 5 aromatic rings. The third-order valence-corrected chi connectivity index (χ3v) is 8.79. The number of nitrogens with two attached hydrogens (primary N) is 1.